The number of hydrogen-bond donors (Lipinski definition) is 0. The normalized spacial score (nSPS) is 26.4. The number of hydrogen-bond acceptors (Lipinski definition) is 6. The standard InChI is InChI=1S/C18H20O6/c1-3-4-13-14-9-22-8-12(14)5-11-6-17(20)24-15(11)7-16(18(13)21)23-10(2)19/h6,8-9,13,15-16H,3-5,7H2,1-2H3/t13-,15+,16+/m0/s1. The molecule has 6 nitrogen and oxygen atoms in total. The Morgan fingerprint density at radius 2 is 2.12 bits per heavy atom. The van der Waals surface area contributed by atoms with Crippen LogP contribution in [-0.4, -0.2) is 29.9 Å². The highest BCUT2D eigenvalue weighted by atomic mass is 16.6. The number of Topliss-reactive ketones (excluding diaryl/α,β-unsaturated/α-hetero) is 1. The molecule has 1 aliphatic carbocycles. The lowest BCUT2D eigenvalue weighted by atomic mass is 9.87. The third-order valence-corrected chi connectivity index (χ3v) is 4.50. The van der Waals surface area contributed by atoms with Crippen LogP contribution < -0.4 is 0 Å². The topological polar surface area (TPSA) is 82.8 Å². The molecule has 0 radical (unpaired) electrons. The SMILES string of the molecule is CCC[C@@H]1C(=O)[C@H](OC(C)=O)C[C@H]2OC(=O)C=C2Cc2cocc21. The summed E-state index contributed by atoms with van der Waals surface area (Å²) in [6, 6.07) is 0. The molecular formula is C18H20O6. The van der Waals surface area contributed by atoms with Crippen molar-refractivity contribution in [1.82, 2.24) is 0 Å². The zero-order chi connectivity index (χ0) is 17.3. The molecule has 0 bridgehead atoms. The maximum Gasteiger partial charge on any atom is 0.331 e. The molecule has 0 unspecified atom stereocenters. The summed E-state index contributed by atoms with van der Waals surface area (Å²) in [7, 11) is 0. The molecular weight excluding hydrogens is 312 g/mol. The molecule has 0 aromatic carbocycles. The summed E-state index contributed by atoms with van der Waals surface area (Å²) in [5.41, 5.74) is 2.46. The zero-order valence-corrected chi connectivity index (χ0v) is 13.7. The molecule has 6 heteroatoms. The third kappa shape index (κ3) is 3.13. The largest absolute Gasteiger partial charge is 0.472 e. The molecule has 0 fully saturated rings. The van der Waals surface area contributed by atoms with Gasteiger partial charge in [0.1, 0.15) is 6.10 Å². The maximum absolute atomic E-state index is 13.0. The van der Waals surface area contributed by atoms with Crippen molar-refractivity contribution in [2.45, 2.75) is 57.7 Å². The Labute approximate surface area is 139 Å². The smallest absolute Gasteiger partial charge is 0.331 e. The van der Waals surface area contributed by atoms with E-state index in [0.717, 1.165) is 23.1 Å². The van der Waals surface area contributed by atoms with Crippen LogP contribution in [0.15, 0.2) is 28.6 Å². The number of furan rings is 1. The molecule has 1 aliphatic heterocycles. The minimum absolute atomic E-state index is 0.164. The number of ketones is 1. The van der Waals surface area contributed by atoms with E-state index in [0.29, 0.717) is 12.8 Å². The van der Waals surface area contributed by atoms with Crippen LogP contribution in [0.2, 0.25) is 0 Å². The van der Waals surface area contributed by atoms with Crippen LogP contribution in [0.4, 0.5) is 0 Å². The van der Waals surface area contributed by atoms with Gasteiger partial charge < -0.3 is 13.9 Å². The van der Waals surface area contributed by atoms with Crippen LogP contribution in [0.1, 0.15) is 50.2 Å². The van der Waals surface area contributed by atoms with Crippen LogP contribution >= 0.6 is 0 Å². The fourth-order valence-corrected chi connectivity index (χ4v) is 3.44. The van der Waals surface area contributed by atoms with Gasteiger partial charge in [0.05, 0.1) is 18.4 Å². The average molecular weight is 332 g/mol. The molecule has 2 heterocycles. The maximum atomic E-state index is 13.0. The fraction of sp³-hybridized carbons (Fsp3) is 0.500. The molecule has 128 valence electrons. The van der Waals surface area contributed by atoms with E-state index in [2.05, 4.69) is 0 Å². The van der Waals surface area contributed by atoms with Crippen molar-refractivity contribution in [3.8, 4) is 0 Å². The number of carbonyl (C=O) groups is 3. The number of esters is 2. The van der Waals surface area contributed by atoms with E-state index in [1.54, 1.807) is 12.5 Å². The molecule has 2 aliphatic rings. The lowest BCUT2D eigenvalue weighted by Crippen LogP contribution is -2.34. The van der Waals surface area contributed by atoms with Crippen LogP contribution in [0.5, 0.6) is 0 Å². The van der Waals surface area contributed by atoms with Gasteiger partial charge in [0.15, 0.2) is 11.9 Å². The van der Waals surface area contributed by atoms with E-state index >= 15 is 0 Å². The number of ether oxygens (including phenoxy) is 2. The average Bonchev–Trinajstić information content (AvgIpc) is 3.10. The second kappa shape index (κ2) is 6.63. The molecule has 0 saturated carbocycles. The molecule has 1 aromatic rings. The van der Waals surface area contributed by atoms with Gasteiger partial charge in [0.25, 0.3) is 0 Å². The van der Waals surface area contributed by atoms with Crippen molar-refractivity contribution in [1.29, 1.82) is 0 Å². The van der Waals surface area contributed by atoms with Crippen LogP contribution in [0, 0.1) is 0 Å². The Kier molecular flexibility index (Phi) is 4.55. The summed E-state index contributed by atoms with van der Waals surface area (Å²) in [4.78, 5) is 36.1. The van der Waals surface area contributed by atoms with E-state index in [1.165, 1.54) is 13.0 Å². The van der Waals surface area contributed by atoms with Crippen molar-refractivity contribution < 1.29 is 28.3 Å². The second-order valence-corrected chi connectivity index (χ2v) is 6.25. The van der Waals surface area contributed by atoms with Gasteiger partial charge >= 0.3 is 11.9 Å². The quantitative estimate of drug-likeness (QED) is 0.791. The first-order valence-electron chi connectivity index (χ1n) is 8.16. The van der Waals surface area contributed by atoms with E-state index in [4.69, 9.17) is 13.9 Å². The highest BCUT2D eigenvalue weighted by Gasteiger charge is 2.39. The van der Waals surface area contributed by atoms with Gasteiger partial charge in [-0.1, -0.05) is 13.3 Å². The summed E-state index contributed by atoms with van der Waals surface area (Å²) in [5, 5.41) is 0. The van der Waals surface area contributed by atoms with E-state index in [9.17, 15) is 14.4 Å². The Morgan fingerprint density at radius 1 is 1.33 bits per heavy atom. The van der Waals surface area contributed by atoms with Crippen molar-refractivity contribution in [2.75, 3.05) is 0 Å². The zero-order valence-electron chi connectivity index (χ0n) is 13.7. The van der Waals surface area contributed by atoms with Crippen molar-refractivity contribution in [3.63, 3.8) is 0 Å². The van der Waals surface area contributed by atoms with Crippen molar-refractivity contribution in [3.05, 3.63) is 35.3 Å². The minimum Gasteiger partial charge on any atom is -0.472 e. The lowest BCUT2D eigenvalue weighted by molar-refractivity contribution is -0.156. The number of carbonyl (C=O) groups excluding carboxylic acids is 3. The van der Waals surface area contributed by atoms with Gasteiger partial charge in [-0.2, -0.15) is 0 Å². The first-order valence-corrected chi connectivity index (χ1v) is 8.16. The molecule has 0 N–H and O–H groups in total. The Morgan fingerprint density at radius 3 is 2.83 bits per heavy atom. The Hall–Kier alpha value is -2.37. The van der Waals surface area contributed by atoms with Gasteiger partial charge in [-0.3, -0.25) is 9.59 Å². The summed E-state index contributed by atoms with van der Waals surface area (Å²) in [6.45, 7) is 3.27. The van der Waals surface area contributed by atoms with Gasteiger partial charge in [0.2, 0.25) is 0 Å². The lowest BCUT2D eigenvalue weighted by Gasteiger charge is -2.23. The third-order valence-electron chi connectivity index (χ3n) is 4.50. The molecule has 3 rings (SSSR count). The summed E-state index contributed by atoms with van der Waals surface area (Å²) < 4.78 is 15.9. The van der Waals surface area contributed by atoms with Crippen molar-refractivity contribution in [2.24, 2.45) is 0 Å². The van der Waals surface area contributed by atoms with E-state index < -0.39 is 24.1 Å². The van der Waals surface area contributed by atoms with E-state index in [1.807, 2.05) is 6.92 Å². The molecule has 24 heavy (non-hydrogen) atoms. The molecule has 0 amide bonds. The second-order valence-electron chi connectivity index (χ2n) is 6.25. The first-order chi connectivity index (χ1) is 11.5. The van der Waals surface area contributed by atoms with Crippen LogP contribution in [0.25, 0.3) is 0 Å². The monoisotopic (exact) mass is 332 g/mol. The van der Waals surface area contributed by atoms with Crippen LogP contribution in [-0.2, 0) is 30.3 Å². The molecule has 0 saturated heterocycles. The first kappa shape index (κ1) is 16.5. The highest BCUT2D eigenvalue weighted by molar-refractivity contribution is 5.92. The Bertz CT molecular complexity index is 698. The van der Waals surface area contributed by atoms with Crippen LogP contribution in [0.3, 0.4) is 0 Å². The highest BCUT2D eigenvalue weighted by Crippen LogP contribution is 2.35. The number of fused-ring (bicyclic) bond motifs is 2. The predicted octanol–water partition coefficient (Wildman–Crippen LogP) is 2.46. The van der Waals surface area contributed by atoms with Gasteiger partial charge in [-0.25, -0.2) is 4.79 Å². The summed E-state index contributed by atoms with van der Waals surface area (Å²) in [5.74, 6) is -1.51. The fourth-order valence-electron chi connectivity index (χ4n) is 3.44. The van der Waals surface area contributed by atoms with Gasteiger partial charge in [-0.05, 0) is 17.6 Å². The predicted molar refractivity (Wildman–Crippen MR) is 83.2 cm³/mol. The molecule has 3 atom stereocenters. The van der Waals surface area contributed by atoms with Gasteiger partial charge in [-0.15, -0.1) is 0 Å². The van der Waals surface area contributed by atoms with E-state index in [-0.39, 0.29) is 18.1 Å². The Balaban J connectivity index is 2.04. The summed E-state index contributed by atoms with van der Waals surface area (Å²) in [6.07, 6.45) is 5.28. The minimum atomic E-state index is -0.931. The summed E-state index contributed by atoms with van der Waals surface area (Å²) >= 11 is 0. The van der Waals surface area contributed by atoms with Gasteiger partial charge in [0, 0.05) is 31.4 Å². The number of rotatable bonds is 3. The molecule has 0 spiro atoms. The molecule has 1 aromatic heterocycles. The van der Waals surface area contributed by atoms with Crippen molar-refractivity contribution >= 4 is 17.7 Å².